The highest BCUT2D eigenvalue weighted by molar-refractivity contribution is 7.84. The number of carboxylic acid groups (broad SMARTS) is 1. The standard InChI is InChI=1S/C13H17FO3S/c1-9(2)5-6-18(17)8-10-3-4-11(13(15)16)12(14)7-10/h3-4,7,9H,5-6,8H2,1-2H3,(H,15,16). The molecule has 0 amide bonds. The minimum absolute atomic E-state index is 0.267. The molecule has 0 saturated carbocycles. The van der Waals surface area contributed by atoms with E-state index in [1.807, 2.05) is 0 Å². The molecular weight excluding hydrogens is 255 g/mol. The number of hydrogen-bond donors (Lipinski definition) is 1. The largest absolute Gasteiger partial charge is 0.478 e. The fraction of sp³-hybridized carbons (Fsp3) is 0.462. The zero-order valence-electron chi connectivity index (χ0n) is 10.5. The van der Waals surface area contributed by atoms with Gasteiger partial charge >= 0.3 is 5.97 Å². The first-order chi connectivity index (χ1) is 8.40. The molecule has 1 aromatic rings. The SMILES string of the molecule is CC(C)CCS(=O)Cc1ccc(C(=O)O)c(F)c1. The van der Waals surface area contributed by atoms with Crippen molar-refractivity contribution in [2.45, 2.75) is 26.0 Å². The van der Waals surface area contributed by atoms with Crippen LogP contribution in [0.25, 0.3) is 0 Å². The predicted octanol–water partition coefficient (Wildman–Crippen LogP) is 2.82. The van der Waals surface area contributed by atoms with E-state index in [-0.39, 0.29) is 11.3 Å². The molecule has 1 rings (SSSR count). The molecule has 18 heavy (non-hydrogen) atoms. The zero-order valence-corrected chi connectivity index (χ0v) is 11.3. The number of rotatable bonds is 6. The van der Waals surface area contributed by atoms with Gasteiger partial charge in [0.05, 0.1) is 5.56 Å². The Balaban J connectivity index is 2.66. The van der Waals surface area contributed by atoms with Crippen molar-refractivity contribution in [1.29, 1.82) is 0 Å². The molecule has 3 nitrogen and oxygen atoms in total. The van der Waals surface area contributed by atoms with E-state index in [1.54, 1.807) is 0 Å². The maximum absolute atomic E-state index is 13.4. The minimum Gasteiger partial charge on any atom is -0.478 e. The van der Waals surface area contributed by atoms with Gasteiger partial charge in [0.1, 0.15) is 5.82 Å². The van der Waals surface area contributed by atoms with E-state index in [0.717, 1.165) is 12.5 Å². The van der Waals surface area contributed by atoms with Crippen molar-refractivity contribution in [1.82, 2.24) is 0 Å². The van der Waals surface area contributed by atoms with Crippen LogP contribution in [-0.2, 0) is 16.6 Å². The van der Waals surface area contributed by atoms with Crippen molar-refractivity contribution in [2.75, 3.05) is 5.75 Å². The summed E-state index contributed by atoms with van der Waals surface area (Å²) in [6.07, 6.45) is 0.863. The summed E-state index contributed by atoms with van der Waals surface area (Å²) in [5.74, 6) is -0.732. The van der Waals surface area contributed by atoms with Crippen molar-refractivity contribution >= 4 is 16.8 Å². The highest BCUT2D eigenvalue weighted by atomic mass is 32.2. The Labute approximate surface area is 108 Å². The molecule has 0 aliphatic carbocycles. The van der Waals surface area contributed by atoms with Crippen molar-refractivity contribution < 1.29 is 18.5 Å². The summed E-state index contributed by atoms with van der Waals surface area (Å²) in [7, 11) is -1.03. The first kappa shape index (κ1) is 14.8. The number of aromatic carboxylic acids is 1. The lowest BCUT2D eigenvalue weighted by molar-refractivity contribution is 0.0692. The second-order valence-corrected chi connectivity index (χ2v) is 6.17. The Kier molecular flexibility index (Phi) is 5.47. The van der Waals surface area contributed by atoms with Gasteiger partial charge in [-0.1, -0.05) is 19.9 Å². The number of hydrogen-bond acceptors (Lipinski definition) is 2. The number of carbonyl (C=O) groups is 1. The molecule has 1 N–H and O–H groups in total. The molecule has 0 spiro atoms. The summed E-state index contributed by atoms with van der Waals surface area (Å²) in [5.41, 5.74) is 0.214. The third-order valence-electron chi connectivity index (χ3n) is 2.51. The van der Waals surface area contributed by atoms with Crippen LogP contribution >= 0.6 is 0 Å². The Morgan fingerprint density at radius 1 is 1.44 bits per heavy atom. The van der Waals surface area contributed by atoms with Crippen LogP contribution in [0.4, 0.5) is 4.39 Å². The maximum Gasteiger partial charge on any atom is 0.338 e. The Morgan fingerprint density at radius 2 is 2.11 bits per heavy atom. The molecule has 0 bridgehead atoms. The lowest BCUT2D eigenvalue weighted by Crippen LogP contribution is -2.06. The molecule has 5 heteroatoms. The van der Waals surface area contributed by atoms with E-state index < -0.39 is 22.6 Å². The maximum atomic E-state index is 13.4. The fourth-order valence-electron chi connectivity index (χ4n) is 1.45. The summed E-state index contributed by atoms with van der Waals surface area (Å²) in [4.78, 5) is 10.6. The van der Waals surface area contributed by atoms with E-state index in [1.165, 1.54) is 12.1 Å². The number of benzene rings is 1. The summed E-state index contributed by atoms with van der Waals surface area (Å²) in [5, 5.41) is 8.68. The molecule has 0 heterocycles. The second kappa shape index (κ2) is 6.64. The van der Waals surface area contributed by atoms with E-state index in [0.29, 0.717) is 17.2 Å². The highest BCUT2D eigenvalue weighted by Gasteiger charge is 2.11. The minimum atomic E-state index is -1.29. The second-order valence-electron chi connectivity index (χ2n) is 4.59. The van der Waals surface area contributed by atoms with Crippen LogP contribution in [0.5, 0.6) is 0 Å². The Morgan fingerprint density at radius 3 is 2.61 bits per heavy atom. The van der Waals surface area contributed by atoms with Gasteiger partial charge < -0.3 is 5.11 Å². The normalized spacial score (nSPS) is 12.7. The third-order valence-corrected chi connectivity index (χ3v) is 3.86. The fourth-order valence-corrected chi connectivity index (χ4v) is 2.88. The van der Waals surface area contributed by atoms with Gasteiger partial charge in [-0.3, -0.25) is 4.21 Å². The van der Waals surface area contributed by atoms with Gasteiger partial charge in [0.2, 0.25) is 0 Å². The molecule has 0 fully saturated rings. The molecule has 0 saturated heterocycles. The van der Waals surface area contributed by atoms with Gasteiger partial charge in [0, 0.05) is 22.3 Å². The van der Waals surface area contributed by atoms with Crippen LogP contribution in [0.2, 0.25) is 0 Å². The number of carboxylic acids is 1. The van der Waals surface area contributed by atoms with Crippen LogP contribution in [0, 0.1) is 11.7 Å². The average Bonchev–Trinajstić information content (AvgIpc) is 2.26. The summed E-state index contributed by atoms with van der Waals surface area (Å²) in [6, 6.07) is 3.88. The first-order valence-electron chi connectivity index (χ1n) is 5.77. The van der Waals surface area contributed by atoms with E-state index in [4.69, 9.17) is 5.11 Å². The van der Waals surface area contributed by atoms with Gasteiger partial charge in [-0.15, -0.1) is 0 Å². The van der Waals surface area contributed by atoms with Gasteiger partial charge in [-0.25, -0.2) is 9.18 Å². The topological polar surface area (TPSA) is 54.4 Å². The van der Waals surface area contributed by atoms with E-state index in [9.17, 15) is 13.4 Å². The van der Waals surface area contributed by atoms with Crippen LogP contribution in [0.15, 0.2) is 18.2 Å². The quantitative estimate of drug-likeness (QED) is 0.866. The molecule has 0 aromatic heterocycles. The monoisotopic (exact) mass is 272 g/mol. The molecule has 0 aliphatic heterocycles. The summed E-state index contributed by atoms with van der Waals surface area (Å²) in [6.45, 7) is 4.11. The molecule has 100 valence electrons. The average molecular weight is 272 g/mol. The zero-order chi connectivity index (χ0) is 13.7. The van der Waals surface area contributed by atoms with Crippen molar-refractivity contribution in [3.05, 3.63) is 35.1 Å². The van der Waals surface area contributed by atoms with Gasteiger partial charge in [-0.2, -0.15) is 0 Å². The lowest BCUT2D eigenvalue weighted by Gasteiger charge is -2.06. The van der Waals surface area contributed by atoms with E-state index >= 15 is 0 Å². The predicted molar refractivity (Wildman–Crippen MR) is 69.5 cm³/mol. The molecule has 1 aromatic carbocycles. The van der Waals surface area contributed by atoms with Crippen LogP contribution in [0.3, 0.4) is 0 Å². The number of halogens is 1. The molecule has 1 unspecified atom stereocenters. The Hall–Kier alpha value is -1.23. The van der Waals surface area contributed by atoms with Crippen molar-refractivity contribution in [2.24, 2.45) is 5.92 Å². The van der Waals surface area contributed by atoms with Crippen LogP contribution in [0.1, 0.15) is 36.2 Å². The lowest BCUT2D eigenvalue weighted by atomic mass is 10.1. The molecule has 0 aliphatic rings. The van der Waals surface area contributed by atoms with Gasteiger partial charge in [0.15, 0.2) is 0 Å². The summed E-state index contributed by atoms with van der Waals surface area (Å²) >= 11 is 0. The molecular formula is C13H17FO3S. The highest BCUT2D eigenvalue weighted by Crippen LogP contribution is 2.13. The molecule has 1 atom stereocenters. The van der Waals surface area contributed by atoms with Crippen LogP contribution in [-0.4, -0.2) is 21.0 Å². The van der Waals surface area contributed by atoms with E-state index in [2.05, 4.69) is 13.8 Å². The van der Waals surface area contributed by atoms with Crippen molar-refractivity contribution in [3.8, 4) is 0 Å². The molecule has 0 radical (unpaired) electrons. The smallest absolute Gasteiger partial charge is 0.338 e. The van der Waals surface area contributed by atoms with Gasteiger partial charge in [0.25, 0.3) is 0 Å². The third kappa shape index (κ3) is 4.56. The Bertz CT molecular complexity index is 458. The first-order valence-corrected chi connectivity index (χ1v) is 7.25. The van der Waals surface area contributed by atoms with Crippen molar-refractivity contribution in [3.63, 3.8) is 0 Å². The van der Waals surface area contributed by atoms with Crippen LogP contribution < -0.4 is 0 Å². The van der Waals surface area contributed by atoms with Gasteiger partial charge in [-0.05, 0) is 30.0 Å². The summed E-state index contributed by atoms with van der Waals surface area (Å²) < 4.78 is 25.1.